The van der Waals surface area contributed by atoms with Crippen LogP contribution in [0, 0.1) is 11.8 Å². The molecular formula is C31H41N5O6. The normalized spacial score (nSPS) is 27.8. The Labute approximate surface area is 246 Å². The van der Waals surface area contributed by atoms with Gasteiger partial charge in [0.25, 0.3) is 0 Å². The Morgan fingerprint density at radius 3 is 2.74 bits per heavy atom. The number of aliphatic hydroxyl groups is 1. The van der Waals surface area contributed by atoms with E-state index in [-0.39, 0.29) is 38.2 Å². The molecule has 11 nitrogen and oxygen atoms in total. The number of ether oxygens (including phenoxy) is 2. The molecule has 3 aliphatic rings. The number of rotatable bonds is 15. The van der Waals surface area contributed by atoms with Crippen LogP contribution in [0.3, 0.4) is 0 Å². The molecule has 1 spiro atoms. The van der Waals surface area contributed by atoms with Crippen LogP contribution in [0.2, 0.25) is 0 Å². The van der Waals surface area contributed by atoms with Gasteiger partial charge in [0.1, 0.15) is 29.7 Å². The van der Waals surface area contributed by atoms with Gasteiger partial charge in [0, 0.05) is 19.7 Å². The lowest BCUT2D eigenvalue weighted by Crippen LogP contribution is -2.56. The third kappa shape index (κ3) is 5.13. The molecule has 2 aromatic rings. The summed E-state index contributed by atoms with van der Waals surface area (Å²) < 4.78 is 13.9. The zero-order valence-electron chi connectivity index (χ0n) is 24.3. The van der Waals surface area contributed by atoms with E-state index >= 15 is 0 Å². The van der Waals surface area contributed by atoms with Crippen LogP contribution in [0.25, 0.3) is 11.0 Å². The van der Waals surface area contributed by atoms with Gasteiger partial charge in [0.15, 0.2) is 0 Å². The number of hydrogen-bond donors (Lipinski definition) is 1. The molecule has 42 heavy (non-hydrogen) atoms. The van der Waals surface area contributed by atoms with Gasteiger partial charge >= 0.3 is 5.97 Å². The Morgan fingerprint density at radius 2 is 1.98 bits per heavy atom. The minimum Gasteiger partial charge on any atom is -0.465 e. The largest absolute Gasteiger partial charge is 0.465 e. The van der Waals surface area contributed by atoms with E-state index in [9.17, 15) is 19.5 Å². The molecule has 3 fully saturated rings. The van der Waals surface area contributed by atoms with Crippen molar-refractivity contribution in [2.24, 2.45) is 11.8 Å². The highest BCUT2D eigenvalue weighted by atomic mass is 16.6. The first kappa shape index (κ1) is 29.9. The molecule has 0 saturated carbocycles. The first-order valence-corrected chi connectivity index (χ1v) is 14.9. The number of likely N-dealkylation sites (tertiary alicyclic amines) is 1. The molecule has 1 N–H and O–H groups in total. The summed E-state index contributed by atoms with van der Waals surface area (Å²) in [5, 5.41) is 17.7. The summed E-state index contributed by atoms with van der Waals surface area (Å²) in [5.41, 5.74) is -0.541. The molecule has 3 aliphatic heterocycles. The smallest absolute Gasteiger partial charge is 0.312 e. The SMILES string of the molecule is C=CCCOC(=O)[C@@H]1[C@H]2C(=O)N(CCCCCCO)C(C(=O)N(CC=C)Cn3nnc4ccccc43)C23CC[C@@]1(C)O3. The fourth-order valence-electron chi connectivity index (χ4n) is 7.11. The van der Waals surface area contributed by atoms with Crippen molar-refractivity contribution in [1.29, 1.82) is 0 Å². The second-order valence-electron chi connectivity index (χ2n) is 11.7. The molecule has 0 radical (unpaired) electrons. The minimum absolute atomic E-state index is 0.116. The van der Waals surface area contributed by atoms with E-state index in [0.717, 1.165) is 18.4 Å². The number of benzene rings is 1. The van der Waals surface area contributed by atoms with Gasteiger partial charge in [-0.2, -0.15) is 0 Å². The van der Waals surface area contributed by atoms with Gasteiger partial charge in [-0.3, -0.25) is 14.4 Å². The number of nitrogens with zero attached hydrogens (tertiary/aromatic N) is 5. The summed E-state index contributed by atoms with van der Waals surface area (Å²) in [4.78, 5) is 45.5. The third-order valence-corrected chi connectivity index (χ3v) is 9.02. The van der Waals surface area contributed by atoms with Crippen LogP contribution in [0.4, 0.5) is 0 Å². The second-order valence-corrected chi connectivity index (χ2v) is 11.7. The van der Waals surface area contributed by atoms with E-state index in [0.29, 0.717) is 44.2 Å². The van der Waals surface area contributed by atoms with Crippen molar-refractivity contribution in [2.45, 2.75) is 75.8 Å². The quantitative estimate of drug-likeness (QED) is 0.194. The molecule has 3 saturated heterocycles. The van der Waals surface area contributed by atoms with E-state index in [4.69, 9.17) is 9.47 Å². The highest BCUT2D eigenvalue weighted by Gasteiger charge is 2.78. The van der Waals surface area contributed by atoms with Gasteiger partial charge in [-0.05, 0) is 51.2 Å². The van der Waals surface area contributed by atoms with Gasteiger partial charge in [0.2, 0.25) is 11.8 Å². The zero-order valence-corrected chi connectivity index (χ0v) is 24.3. The van der Waals surface area contributed by atoms with Crippen molar-refractivity contribution < 1.29 is 29.0 Å². The summed E-state index contributed by atoms with van der Waals surface area (Å²) >= 11 is 0. The average Bonchev–Trinajstić information content (AvgIpc) is 3.68. The summed E-state index contributed by atoms with van der Waals surface area (Å²) in [6.07, 6.45) is 7.83. The molecule has 5 rings (SSSR count). The molecule has 2 amide bonds. The lowest BCUT2D eigenvalue weighted by atomic mass is 9.66. The highest BCUT2D eigenvalue weighted by Crippen LogP contribution is 2.63. The molecule has 1 aromatic heterocycles. The van der Waals surface area contributed by atoms with Crippen molar-refractivity contribution in [1.82, 2.24) is 24.8 Å². The van der Waals surface area contributed by atoms with Crippen molar-refractivity contribution >= 4 is 28.8 Å². The van der Waals surface area contributed by atoms with Gasteiger partial charge in [0.05, 0.1) is 23.6 Å². The monoisotopic (exact) mass is 579 g/mol. The summed E-state index contributed by atoms with van der Waals surface area (Å²) in [7, 11) is 0. The number of fused-ring (bicyclic) bond motifs is 2. The number of aromatic nitrogens is 3. The lowest BCUT2D eigenvalue weighted by Gasteiger charge is -2.36. The van der Waals surface area contributed by atoms with E-state index in [2.05, 4.69) is 23.5 Å². The topological polar surface area (TPSA) is 127 Å². The maximum atomic E-state index is 14.6. The summed E-state index contributed by atoms with van der Waals surface area (Å²) in [6, 6.07) is 6.61. The molecule has 5 atom stereocenters. The molecule has 2 bridgehead atoms. The Morgan fingerprint density at radius 1 is 1.19 bits per heavy atom. The van der Waals surface area contributed by atoms with Crippen molar-refractivity contribution in [2.75, 3.05) is 26.3 Å². The first-order chi connectivity index (χ1) is 20.3. The number of hydrogen-bond acceptors (Lipinski definition) is 8. The second kappa shape index (κ2) is 12.3. The van der Waals surface area contributed by atoms with Crippen LogP contribution in [-0.2, 0) is 30.5 Å². The Hall–Kier alpha value is -3.57. The van der Waals surface area contributed by atoms with Crippen LogP contribution < -0.4 is 0 Å². The highest BCUT2D eigenvalue weighted by molar-refractivity contribution is 5.98. The molecule has 2 unspecified atom stereocenters. The fraction of sp³-hybridized carbons (Fsp3) is 0.581. The third-order valence-electron chi connectivity index (χ3n) is 9.02. The molecule has 4 heterocycles. The van der Waals surface area contributed by atoms with Crippen LogP contribution in [-0.4, -0.2) is 91.2 Å². The number of aliphatic hydroxyl groups excluding tert-OH is 1. The Balaban J connectivity index is 1.48. The van der Waals surface area contributed by atoms with Crippen LogP contribution in [0.15, 0.2) is 49.6 Å². The zero-order chi connectivity index (χ0) is 29.9. The first-order valence-electron chi connectivity index (χ1n) is 14.9. The van der Waals surface area contributed by atoms with Crippen molar-refractivity contribution in [3.63, 3.8) is 0 Å². The Kier molecular flexibility index (Phi) is 8.79. The lowest BCUT2D eigenvalue weighted by molar-refractivity contribution is -0.160. The van der Waals surface area contributed by atoms with E-state index in [1.807, 2.05) is 31.2 Å². The molecular weight excluding hydrogens is 538 g/mol. The number of unbranched alkanes of at least 4 members (excludes halogenated alkanes) is 3. The fourth-order valence-corrected chi connectivity index (χ4v) is 7.11. The predicted octanol–water partition coefficient (Wildman–Crippen LogP) is 2.84. The number of amides is 2. The molecule has 226 valence electrons. The maximum Gasteiger partial charge on any atom is 0.312 e. The van der Waals surface area contributed by atoms with Gasteiger partial charge in [-0.15, -0.1) is 18.3 Å². The van der Waals surface area contributed by atoms with Crippen LogP contribution >= 0.6 is 0 Å². The summed E-state index contributed by atoms with van der Waals surface area (Å²) in [5.74, 6) is -2.59. The van der Waals surface area contributed by atoms with Gasteiger partial charge < -0.3 is 24.4 Å². The number of para-hydroxylation sites is 1. The number of carbonyl (C=O) groups excluding carboxylic acids is 3. The van der Waals surface area contributed by atoms with E-state index in [1.54, 1.807) is 26.6 Å². The van der Waals surface area contributed by atoms with Gasteiger partial charge in [-0.1, -0.05) is 42.3 Å². The van der Waals surface area contributed by atoms with E-state index < -0.39 is 35.0 Å². The molecule has 0 aliphatic carbocycles. The van der Waals surface area contributed by atoms with Crippen LogP contribution in [0.1, 0.15) is 51.9 Å². The predicted molar refractivity (Wildman–Crippen MR) is 155 cm³/mol. The molecule has 1 aromatic carbocycles. The maximum absolute atomic E-state index is 14.6. The Bertz CT molecular complexity index is 1340. The summed E-state index contributed by atoms with van der Waals surface area (Å²) in [6.45, 7) is 10.4. The number of esters is 1. The van der Waals surface area contributed by atoms with Gasteiger partial charge in [-0.25, -0.2) is 4.68 Å². The van der Waals surface area contributed by atoms with E-state index in [1.165, 1.54) is 0 Å². The number of carbonyl (C=O) groups is 3. The minimum atomic E-state index is -1.14. The van der Waals surface area contributed by atoms with Crippen molar-refractivity contribution in [3.8, 4) is 0 Å². The average molecular weight is 580 g/mol. The van der Waals surface area contributed by atoms with Crippen molar-refractivity contribution in [3.05, 3.63) is 49.6 Å². The van der Waals surface area contributed by atoms with Crippen LogP contribution in [0.5, 0.6) is 0 Å². The molecule has 11 heteroatoms. The standard InChI is InChI=1S/C31H41N5O6/c1-4-6-20-41-29(40)25-24-27(38)35(18-11-7-8-12-19-37)26(31(24)16-15-30(25,3)42-31)28(39)34(17-5-2)21-36-23-14-10-9-13-22(23)32-33-36/h4-5,9-10,13-14,24-26,37H,1-2,6-8,11-12,15-21H2,3H3/t24-,25-,26?,30+,31?/m0/s1.